The second-order valence-electron chi connectivity index (χ2n) is 5.51. The molecule has 1 aromatic heterocycles. The number of benzene rings is 1. The summed E-state index contributed by atoms with van der Waals surface area (Å²) in [5.41, 5.74) is 1.57. The zero-order valence-electron chi connectivity index (χ0n) is 11.5. The number of furan rings is 1. The molecule has 1 fully saturated rings. The minimum atomic E-state index is -0.110. The molecule has 0 bridgehead atoms. The first-order valence-corrected chi connectivity index (χ1v) is 7.52. The van der Waals surface area contributed by atoms with E-state index in [4.69, 9.17) is 16.0 Å². The fourth-order valence-corrected chi connectivity index (χ4v) is 3.08. The van der Waals surface area contributed by atoms with E-state index in [1.54, 1.807) is 6.07 Å². The van der Waals surface area contributed by atoms with E-state index in [0.717, 1.165) is 23.8 Å². The number of hydrogen-bond donors (Lipinski definition) is 1. The molecule has 106 valence electrons. The Bertz CT molecular complexity index is 641. The molecular formula is C16H18ClNO2. The van der Waals surface area contributed by atoms with Crippen molar-refractivity contribution < 1.29 is 9.21 Å². The molecule has 0 spiro atoms. The minimum Gasteiger partial charge on any atom is -0.451 e. The van der Waals surface area contributed by atoms with Gasteiger partial charge in [0.25, 0.3) is 5.91 Å². The molecule has 0 aliphatic heterocycles. The van der Waals surface area contributed by atoms with Gasteiger partial charge in [-0.25, -0.2) is 0 Å². The third kappa shape index (κ3) is 2.55. The van der Waals surface area contributed by atoms with Crippen LogP contribution in [0.2, 0.25) is 5.02 Å². The first kappa shape index (κ1) is 13.5. The Labute approximate surface area is 123 Å². The number of carbonyl (C=O) groups excluding carboxylic acids is 1. The van der Waals surface area contributed by atoms with Crippen LogP contribution in [-0.4, -0.2) is 11.9 Å². The van der Waals surface area contributed by atoms with Crippen molar-refractivity contribution in [3.05, 3.63) is 34.5 Å². The molecular weight excluding hydrogens is 274 g/mol. The lowest BCUT2D eigenvalue weighted by atomic mass is 9.95. The van der Waals surface area contributed by atoms with Crippen LogP contribution < -0.4 is 5.32 Å². The van der Waals surface area contributed by atoms with Gasteiger partial charge in [0.2, 0.25) is 0 Å². The highest BCUT2D eigenvalue weighted by Crippen LogP contribution is 2.28. The summed E-state index contributed by atoms with van der Waals surface area (Å²) >= 11 is 5.99. The largest absolute Gasteiger partial charge is 0.451 e. The van der Waals surface area contributed by atoms with Gasteiger partial charge in [0.05, 0.1) is 0 Å². The third-order valence-corrected chi connectivity index (χ3v) is 4.28. The molecule has 1 amide bonds. The molecule has 3 nitrogen and oxygen atoms in total. The number of rotatable bonds is 2. The van der Waals surface area contributed by atoms with Gasteiger partial charge in [-0.05, 0) is 38.0 Å². The molecule has 1 N–H and O–H groups in total. The first-order chi connectivity index (χ1) is 9.65. The van der Waals surface area contributed by atoms with E-state index < -0.39 is 0 Å². The Balaban J connectivity index is 1.85. The maximum absolute atomic E-state index is 12.4. The van der Waals surface area contributed by atoms with Crippen molar-refractivity contribution in [2.24, 2.45) is 0 Å². The van der Waals surface area contributed by atoms with Crippen molar-refractivity contribution in [2.75, 3.05) is 0 Å². The van der Waals surface area contributed by atoms with Gasteiger partial charge in [-0.1, -0.05) is 30.9 Å². The number of amides is 1. The summed E-state index contributed by atoms with van der Waals surface area (Å²) in [6.45, 7) is 1.90. The summed E-state index contributed by atoms with van der Waals surface area (Å²) in [4.78, 5) is 12.4. The Morgan fingerprint density at radius 1 is 1.30 bits per heavy atom. The highest BCUT2D eigenvalue weighted by Gasteiger charge is 2.21. The van der Waals surface area contributed by atoms with Gasteiger partial charge < -0.3 is 9.73 Å². The fraction of sp³-hybridized carbons (Fsp3) is 0.438. The highest BCUT2D eigenvalue weighted by molar-refractivity contribution is 6.31. The molecule has 1 aromatic carbocycles. The van der Waals surface area contributed by atoms with Crippen molar-refractivity contribution >= 4 is 28.5 Å². The number of hydrogen-bond acceptors (Lipinski definition) is 2. The molecule has 1 heterocycles. The van der Waals surface area contributed by atoms with E-state index in [1.165, 1.54) is 19.3 Å². The van der Waals surface area contributed by atoms with Gasteiger partial charge in [0, 0.05) is 22.0 Å². The van der Waals surface area contributed by atoms with Crippen LogP contribution in [0.15, 0.2) is 22.6 Å². The second kappa shape index (κ2) is 5.49. The molecule has 1 aliphatic rings. The van der Waals surface area contributed by atoms with Gasteiger partial charge in [0.15, 0.2) is 5.76 Å². The Hall–Kier alpha value is -1.48. The molecule has 2 aromatic rings. The van der Waals surface area contributed by atoms with Crippen molar-refractivity contribution in [1.82, 2.24) is 5.32 Å². The molecule has 0 atom stereocenters. The van der Waals surface area contributed by atoms with Crippen LogP contribution in [-0.2, 0) is 0 Å². The SMILES string of the molecule is Cc1c(C(=O)NC2CCCCC2)oc2ccc(Cl)cc12. The van der Waals surface area contributed by atoms with Gasteiger partial charge in [-0.2, -0.15) is 0 Å². The number of aryl methyl sites for hydroxylation is 1. The number of fused-ring (bicyclic) bond motifs is 1. The van der Waals surface area contributed by atoms with Crippen LogP contribution in [0.4, 0.5) is 0 Å². The van der Waals surface area contributed by atoms with Crippen LogP contribution in [0.5, 0.6) is 0 Å². The lowest BCUT2D eigenvalue weighted by molar-refractivity contribution is 0.0901. The zero-order valence-corrected chi connectivity index (χ0v) is 12.3. The van der Waals surface area contributed by atoms with Crippen LogP contribution in [0, 0.1) is 6.92 Å². The Kier molecular flexibility index (Phi) is 3.70. The standard InChI is InChI=1S/C16H18ClNO2/c1-10-13-9-11(17)7-8-14(13)20-15(10)16(19)18-12-5-3-2-4-6-12/h7-9,12H,2-6H2,1H3,(H,18,19). The number of carbonyl (C=O) groups is 1. The molecule has 0 unspecified atom stereocenters. The van der Waals surface area contributed by atoms with Gasteiger partial charge >= 0.3 is 0 Å². The molecule has 0 radical (unpaired) electrons. The van der Waals surface area contributed by atoms with Crippen LogP contribution >= 0.6 is 11.6 Å². The fourth-order valence-electron chi connectivity index (χ4n) is 2.91. The Morgan fingerprint density at radius 2 is 2.05 bits per heavy atom. The predicted molar refractivity (Wildman–Crippen MR) is 80.3 cm³/mol. The lowest BCUT2D eigenvalue weighted by Gasteiger charge is -2.22. The maximum Gasteiger partial charge on any atom is 0.287 e. The van der Waals surface area contributed by atoms with E-state index >= 15 is 0 Å². The summed E-state index contributed by atoms with van der Waals surface area (Å²) in [5, 5.41) is 4.65. The molecule has 1 saturated carbocycles. The van der Waals surface area contributed by atoms with Crippen LogP contribution in [0.1, 0.15) is 48.2 Å². The maximum atomic E-state index is 12.4. The predicted octanol–water partition coefficient (Wildman–Crippen LogP) is 4.46. The summed E-state index contributed by atoms with van der Waals surface area (Å²) in [6.07, 6.45) is 5.79. The van der Waals surface area contributed by atoms with Crippen molar-refractivity contribution in [2.45, 2.75) is 45.1 Å². The van der Waals surface area contributed by atoms with E-state index in [1.807, 2.05) is 19.1 Å². The van der Waals surface area contributed by atoms with E-state index in [9.17, 15) is 4.79 Å². The van der Waals surface area contributed by atoms with Gasteiger partial charge in [0.1, 0.15) is 5.58 Å². The van der Waals surface area contributed by atoms with Gasteiger partial charge in [-0.3, -0.25) is 4.79 Å². The Morgan fingerprint density at radius 3 is 2.80 bits per heavy atom. The summed E-state index contributed by atoms with van der Waals surface area (Å²) in [7, 11) is 0. The second-order valence-corrected chi connectivity index (χ2v) is 5.94. The number of nitrogens with one attached hydrogen (secondary N) is 1. The molecule has 4 heteroatoms. The zero-order chi connectivity index (χ0) is 14.1. The smallest absolute Gasteiger partial charge is 0.287 e. The summed E-state index contributed by atoms with van der Waals surface area (Å²) in [5.74, 6) is 0.301. The van der Waals surface area contributed by atoms with Crippen molar-refractivity contribution in [3.8, 4) is 0 Å². The van der Waals surface area contributed by atoms with Crippen molar-refractivity contribution in [3.63, 3.8) is 0 Å². The van der Waals surface area contributed by atoms with Crippen LogP contribution in [0.25, 0.3) is 11.0 Å². The third-order valence-electron chi connectivity index (χ3n) is 4.04. The van der Waals surface area contributed by atoms with E-state index in [0.29, 0.717) is 16.4 Å². The first-order valence-electron chi connectivity index (χ1n) is 7.14. The van der Waals surface area contributed by atoms with Gasteiger partial charge in [-0.15, -0.1) is 0 Å². The normalized spacial score (nSPS) is 16.5. The molecule has 20 heavy (non-hydrogen) atoms. The summed E-state index contributed by atoms with van der Waals surface area (Å²) in [6, 6.07) is 5.71. The molecule has 1 aliphatic carbocycles. The quantitative estimate of drug-likeness (QED) is 0.888. The van der Waals surface area contributed by atoms with E-state index in [2.05, 4.69) is 5.32 Å². The van der Waals surface area contributed by atoms with E-state index in [-0.39, 0.29) is 11.9 Å². The number of halogens is 1. The topological polar surface area (TPSA) is 42.2 Å². The van der Waals surface area contributed by atoms with Crippen molar-refractivity contribution in [1.29, 1.82) is 0 Å². The molecule has 3 rings (SSSR count). The average Bonchev–Trinajstić information content (AvgIpc) is 2.77. The monoisotopic (exact) mass is 291 g/mol. The molecule has 0 saturated heterocycles. The summed E-state index contributed by atoms with van der Waals surface area (Å²) < 4.78 is 5.69. The highest BCUT2D eigenvalue weighted by atomic mass is 35.5. The lowest BCUT2D eigenvalue weighted by Crippen LogP contribution is -2.36. The average molecular weight is 292 g/mol. The van der Waals surface area contributed by atoms with Crippen LogP contribution in [0.3, 0.4) is 0 Å². The minimum absolute atomic E-state index is 0.110.